The van der Waals surface area contributed by atoms with Crippen molar-refractivity contribution in [2.45, 2.75) is 38.6 Å². The van der Waals surface area contributed by atoms with Crippen LogP contribution in [0.25, 0.3) is 0 Å². The van der Waals surface area contributed by atoms with E-state index in [1.165, 1.54) is 0 Å². The fraction of sp³-hybridized carbons (Fsp3) is 0.700. The topological polar surface area (TPSA) is 84.2 Å². The Morgan fingerprint density at radius 2 is 2.06 bits per heavy atom. The van der Waals surface area contributed by atoms with Crippen molar-refractivity contribution in [1.29, 1.82) is 0 Å². The Morgan fingerprint density at radius 3 is 2.53 bits per heavy atom. The summed E-state index contributed by atoms with van der Waals surface area (Å²) in [5.41, 5.74) is 0.381. The molecule has 0 amide bonds. The van der Waals surface area contributed by atoms with Crippen LogP contribution >= 0.6 is 0 Å². The van der Waals surface area contributed by atoms with Crippen molar-refractivity contribution in [2.75, 3.05) is 13.1 Å². The predicted molar refractivity (Wildman–Crippen MR) is 64.3 cm³/mol. The van der Waals surface area contributed by atoms with E-state index < -0.39 is 10.0 Å². The summed E-state index contributed by atoms with van der Waals surface area (Å²) >= 11 is 0. The molecule has 2 N–H and O–H groups in total. The van der Waals surface area contributed by atoms with Gasteiger partial charge in [-0.2, -0.15) is 0 Å². The molecule has 0 bridgehead atoms. The van der Waals surface area contributed by atoms with Crippen LogP contribution in [0.15, 0.2) is 9.42 Å². The molecule has 1 atom stereocenters. The van der Waals surface area contributed by atoms with Crippen LogP contribution in [0, 0.1) is 13.8 Å². The molecular weight excluding hydrogens is 242 g/mol. The Bertz CT molecular complexity index is 448. The van der Waals surface area contributed by atoms with Crippen LogP contribution in [0.2, 0.25) is 0 Å². The zero-order chi connectivity index (χ0) is 13.1. The molecule has 98 valence electrons. The van der Waals surface area contributed by atoms with E-state index in [-0.39, 0.29) is 10.9 Å². The monoisotopic (exact) mass is 261 g/mol. The molecule has 0 saturated carbocycles. The lowest BCUT2D eigenvalue weighted by atomic mass is 10.3. The van der Waals surface area contributed by atoms with Gasteiger partial charge in [0, 0.05) is 12.6 Å². The zero-order valence-electron chi connectivity index (χ0n) is 10.6. The summed E-state index contributed by atoms with van der Waals surface area (Å²) in [6.07, 6.45) is 0. The van der Waals surface area contributed by atoms with Gasteiger partial charge in [0.15, 0.2) is 5.76 Å². The van der Waals surface area contributed by atoms with Gasteiger partial charge in [-0.1, -0.05) is 12.1 Å². The maximum Gasteiger partial charge on any atom is 0.246 e. The van der Waals surface area contributed by atoms with E-state index in [1.54, 1.807) is 13.8 Å². The number of aromatic nitrogens is 1. The molecule has 0 aliphatic carbocycles. The molecule has 1 aromatic heterocycles. The van der Waals surface area contributed by atoms with Gasteiger partial charge in [-0.05, 0) is 27.3 Å². The van der Waals surface area contributed by atoms with Crippen molar-refractivity contribution in [2.24, 2.45) is 0 Å². The standard InChI is InChI=1S/C10H19N3O3S/c1-5-11-7(2)6-12-17(14,15)10-8(3)13-16-9(10)4/h7,11-12H,5-6H2,1-4H3/t7-/m1/s1. The second-order valence-electron chi connectivity index (χ2n) is 3.96. The summed E-state index contributed by atoms with van der Waals surface area (Å²) in [7, 11) is -3.54. The first kappa shape index (κ1) is 14.1. The Balaban J connectivity index is 2.76. The molecular formula is C10H19N3O3S. The van der Waals surface area contributed by atoms with E-state index in [2.05, 4.69) is 15.2 Å². The second kappa shape index (κ2) is 5.61. The minimum Gasteiger partial charge on any atom is -0.360 e. The second-order valence-corrected chi connectivity index (χ2v) is 5.67. The van der Waals surface area contributed by atoms with Crippen molar-refractivity contribution in [3.05, 3.63) is 11.5 Å². The molecule has 1 rings (SSSR count). The first-order valence-electron chi connectivity index (χ1n) is 5.54. The third kappa shape index (κ3) is 3.52. The van der Waals surface area contributed by atoms with Gasteiger partial charge in [-0.15, -0.1) is 0 Å². The van der Waals surface area contributed by atoms with Gasteiger partial charge in [0.2, 0.25) is 10.0 Å². The number of likely N-dealkylation sites (N-methyl/N-ethyl adjacent to an activating group) is 1. The third-order valence-electron chi connectivity index (χ3n) is 2.37. The average molecular weight is 261 g/mol. The lowest BCUT2D eigenvalue weighted by Gasteiger charge is -2.13. The molecule has 6 nitrogen and oxygen atoms in total. The van der Waals surface area contributed by atoms with Crippen molar-refractivity contribution in [3.8, 4) is 0 Å². The van der Waals surface area contributed by atoms with Crippen LogP contribution in [0.1, 0.15) is 25.3 Å². The smallest absolute Gasteiger partial charge is 0.246 e. The molecule has 0 aromatic carbocycles. The Hall–Kier alpha value is -0.920. The van der Waals surface area contributed by atoms with Crippen LogP contribution in [0.4, 0.5) is 0 Å². The lowest BCUT2D eigenvalue weighted by molar-refractivity contribution is 0.390. The molecule has 1 aromatic rings. The molecule has 7 heteroatoms. The van der Waals surface area contributed by atoms with Gasteiger partial charge in [-0.25, -0.2) is 13.1 Å². The summed E-state index contributed by atoms with van der Waals surface area (Å²) in [6, 6.07) is 0.0789. The van der Waals surface area contributed by atoms with E-state index in [0.717, 1.165) is 6.54 Å². The molecule has 17 heavy (non-hydrogen) atoms. The highest BCUT2D eigenvalue weighted by atomic mass is 32.2. The van der Waals surface area contributed by atoms with Gasteiger partial charge in [0.05, 0.1) is 0 Å². The lowest BCUT2D eigenvalue weighted by Crippen LogP contribution is -2.39. The summed E-state index contributed by atoms with van der Waals surface area (Å²) in [5, 5.41) is 6.76. The minimum atomic E-state index is -3.54. The molecule has 0 fully saturated rings. The quantitative estimate of drug-likeness (QED) is 0.782. The number of hydrogen-bond donors (Lipinski definition) is 2. The highest BCUT2D eigenvalue weighted by molar-refractivity contribution is 7.89. The summed E-state index contributed by atoms with van der Waals surface area (Å²) in [4.78, 5) is 0.140. The first-order chi connectivity index (χ1) is 7.88. The number of nitrogens with zero attached hydrogens (tertiary/aromatic N) is 1. The highest BCUT2D eigenvalue weighted by Crippen LogP contribution is 2.18. The molecule has 0 spiro atoms. The van der Waals surface area contributed by atoms with Gasteiger partial charge in [0.25, 0.3) is 0 Å². The van der Waals surface area contributed by atoms with E-state index in [0.29, 0.717) is 18.0 Å². The predicted octanol–water partition coefficient (Wildman–Crippen LogP) is 0.568. The first-order valence-corrected chi connectivity index (χ1v) is 7.02. The summed E-state index contributed by atoms with van der Waals surface area (Å²) in [5.74, 6) is 0.311. The van der Waals surface area contributed by atoms with Crippen molar-refractivity contribution >= 4 is 10.0 Å². The SMILES string of the molecule is CCN[C@H](C)CNS(=O)(=O)c1c(C)noc1C. The van der Waals surface area contributed by atoms with Crippen LogP contribution in [0.3, 0.4) is 0 Å². The minimum absolute atomic E-state index is 0.0789. The maximum atomic E-state index is 12.0. The Kier molecular flexibility index (Phi) is 4.67. The highest BCUT2D eigenvalue weighted by Gasteiger charge is 2.24. The van der Waals surface area contributed by atoms with E-state index in [1.807, 2.05) is 13.8 Å². The third-order valence-corrected chi connectivity index (χ3v) is 4.04. The van der Waals surface area contributed by atoms with Crippen LogP contribution in [-0.2, 0) is 10.0 Å². The van der Waals surface area contributed by atoms with Crippen molar-refractivity contribution in [1.82, 2.24) is 15.2 Å². The molecule has 0 saturated heterocycles. The number of sulfonamides is 1. The summed E-state index contributed by atoms with van der Waals surface area (Å²) in [6.45, 7) is 8.22. The molecule has 0 radical (unpaired) electrons. The van der Waals surface area contributed by atoms with Gasteiger partial charge in [0.1, 0.15) is 10.6 Å². The number of nitrogens with one attached hydrogen (secondary N) is 2. The van der Waals surface area contributed by atoms with Crippen LogP contribution in [-0.4, -0.2) is 32.7 Å². The van der Waals surface area contributed by atoms with Gasteiger partial charge >= 0.3 is 0 Å². The Morgan fingerprint density at radius 1 is 1.41 bits per heavy atom. The number of aryl methyl sites for hydroxylation is 2. The molecule has 1 heterocycles. The average Bonchev–Trinajstić information content (AvgIpc) is 2.57. The van der Waals surface area contributed by atoms with Crippen LogP contribution in [0.5, 0.6) is 0 Å². The van der Waals surface area contributed by atoms with Crippen LogP contribution < -0.4 is 10.0 Å². The van der Waals surface area contributed by atoms with Crippen molar-refractivity contribution < 1.29 is 12.9 Å². The normalized spacial score (nSPS) is 13.9. The summed E-state index contributed by atoms with van der Waals surface area (Å²) < 4.78 is 31.4. The van der Waals surface area contributed by atoms with E-state index in [4.69, 9.17) is 4.52 Å². The fourth-order valence-corrected chi connectivity index (χ4v) is 3.04. The van der Waals surface area contributed by atoms with Crippen molar-refractivity contribution in [3.63, 3.8) is 0 Å². The number of hydrogen-bond acceptors (Lipinski definition) is 5. The van der Waals surface area contributed by atoms with E-state index in [9.17, 15) is 8.42 Å². The molecule has 0 unspecified atom stereocenters. The number of rotatable bonds is 6. The maximum absolute atomic E-state index is 12.0. The molecule has 0 aliphatic rings. The largest absolute Gasteiger partial charge is 0.360 e. The Labute approximate surface area is 102 Å². The zero-order valence-corrected chi connectivity index (χ0v) is 11.4. The fourth-order valence-electron chi connectivity index (χ4n) is 1.59. The van der Waals surface area contributed by atoms with E-state index >= 15 is 0 Å². The van der Waals surface area contributed by atoms with Gasteiger partial charge in [-0.3, -0.25) is 0 Å². The van der Waals surface area contributed by atoms with Gasteiger partial charge < -0.3 is 9.84 Å². The molecule has 0 aliphatic heterocycles.